The van der Waals surface area contributed by atoms with Crippen LogP contribution < -0.4 is 14.9 Å². The molecule has 0 aliphatic heterocycles. The summed E-state index contributed by atoms with van der Waals surface area (Å²) in [5.41, 5.74) is 3.10. The molecule has 0 spiro atoms. The first kappa shape index (κ1) is 18.3. The summed E-state index contributed by atoms with van der Waals surface area (Å²) in [6.45, 7) is -0.219. The van der Waals surface area contributed by atoms with Gasteiger partial charge in [0.1, 0.15) is 5.75 Å². The standard InChI is InChI=1S/C16H14Br2N2O4/c1-23-14-7-11(17)6-13(18)16(14)24-9-15(22)20-19-8-10-2-4-12(21)5-3-10/h2-8,21H,9H2,1H3,(H,20,22). The van der Waals surface area contributed by atoms with Crippen LogP contribution in [0.5, 0.6) is 17.2 Å². The number of phenols is 1. The fraction of sp³-hybridized carbons (Fsp3) is 0.125. The van der Waals surface area contributed by atoms with Crippen molar-refractivity contribution in [3.8, 4) is 17.2 Å². The van der Waals surface area contributed by atoms with Crippen LogP contribution in [-0.2, 0) is 4.79 Å². The van der Waals surface area contributed by atoms with Crippen LogP contribution >= 0.6 is 31.9 Å². The average Bonchev–Trinajstić information content (AvgIpc) is 2.55. The normalized spacial score (nSPS) is 10.6. The predicted molar refractivity (Wildman–Crippen MR) is 97.7 cm³/mol. The summed E-state index contributed by atoms with van der Waals surface area (Å²) in [7, 11) is 1.52. The molecule has 0 radical (unpaired) electrons. The molecule has 0 unspecified atom stereocenters. The van der Waals surface area contributed by atoms with Crippen LogP contribution in [0.1, 0.15) is 5.56 Å². The molecule has 0 aliphatic carbocycles. The first-order valence-corrected chi connectivity index (χ1v) is 8.35. The number of rotatable bonds is 6. The number of phenolic OH excluding ortho intramolecular Hbond substituents is 1. The van der Waals surface area contributed by atoms with E-state index in [1.54, 1.807) is 24.3 Å². The van der Waals surface area contributed by atoms with Gasteiger partial charge in [0.05, 0.1) is 17.8 Å². The predicted octanol–water partition coefficient (Wildman–Crippen LogP) is 3.45. The molecule has 0 saturated heterocycles. The van der Waals surface area contributed by atoms with Gasteiger partial charge in [-0.15, -0.1) is 0 Å². The van der Waals surface area contributed by atoms with Gasteiger partial charge in [-0.25, -0.2) is 5.43 Å². The topological polar surface area (TPSA) is 80.2 Å². The second kappa shape index (κ2) is 8.70. The van der Waals surface area contributed by atoms with E-state index in [0.29, 0.717) is 16.0 Å². The second-order valence-electron chi connectivity index (χ2n) is 4.59. The van der Waals surface area contributed by atoms with Crippen molar-refractivity contribution in [1.82, 2.24) is 5.43 Å². The Morgan fingerprint density at radius 3 is 2.67 bits per heavy atom. The van der Waals surface area contributed by atoms with Crippen molar-refractivity contribution in [3.63, 3.8) is 0 Å². The van der Waals surface area contributed by atoms with E-state index in [1.807, 2.05) is 0 Å². The monoisotopic (exact) mass is 456 g/mol. The Labute approximate surface area is 155 Å². The molecule has 1 amide bonds. The highest BCUT2D eigenvalue weighted by Crippen LogP contribution is 2.38. The molecule has 126 valence electrons. The number of amides is 1. The first-order chi connectivity index (χ1) is 11.5. The molecule has 2 N–H and O–H groups in total. The number of aromatic hydroxyl groups is 1. The van der Waals surface area contributed by atoms with Gasteiger partial charge in [0.25, 0.3) is 5.91 Å². The van der Waals surface area contributed by atoms with Gasteiger partial charge in [-0.3, -0.25) is 4.79 Å². The first-order valence-electron chi connectivity index (χ1n) is 6.76. The Hall–Kier alpha value is -2.06. The number of nitrogens with one attached hydrogen (secondary N) is 1. The Balaban J connectivity index is 1.91. The molecule has 0 saturated carbocycles. The van der Waals surface area contributed by atoms with Crippen molar-refractivity contribution in [2.24, 2.45) is 5.10 Å². The number of hydrogen-bond donors (Lipinski definition) is 2. The van der Waals surface area contributed by atoms with E-state index in [2.05, 4.69) is 42.4 Å². The number of benzene rings is 2. The largest absolute Gasteiger partial charge is 0.508 e. The Morgan fingerprint density at radius 2 is 2.00 bits per heavy atom. The number of hydrogen-bond acceptors (Lipinski definition) is 5. The molecular formula is C16H14Br2N2O4. The zero-order valence-corrected chi connectivity index (χ0v) is 15.8. The molecule has 2 aromatic rings. The maximum absolute atomic E-state index is 11.8. The van der Waals surface area contributed by atoms with E-state index < -0.39 is 5.91 Å². The number of nitrogens with zero attached hydrogens (tertiary/aromatic N) is 1. The molecular weight excluding hydrogens is 444 g/mol. The molecule has 0 heterocycles. The Kier molecular flexibility index (Phi) is 6.62. The number of halogens is 2. The van der Waals surface area contributed by atoms with E-state index in [0.717, 1.165) is 10.0 Å². The molecule has 0 bridgehead atoms. The van der Waals surface area contributed by atoms with Crippen molar-refractivity contribution >= 4 is 44.0 Å². The van der Waals surface area contributed by atoms with Gasteiger partial charge in [-0.2, -0.15) is 5.10 Å². The van der Waals surface area contributed by atoms with Crippen molar-refractivity contribution in [1.29, 1.82) is 0 Å². The van der Waals surface area contributed by atoms with Crippen LogP contribution in [0.2, 0.25) is 0 Å². The van der Waals surface area contributed by atoms with E-state index in [4.69, 9.17) is 9.47 Å². The van der Waals surface area contributed by atoms with Crippen LogP contribution in [0.25, 0.3) is 0 Å². The molecule has 0 aromatic heterocycles. The summed E-state index contributed by atoms with van der Waals surface area (Å²) < 4.78 is 12.2. The third-order valence-corrected chi connectivity index (χ3v) is 3.88. The summed E-state index contributed by atoms with van der Waals surface area (Å²) in [4.78, 5) is 11.8. The molecule has 2 rings (SSSR count). The zero-order chi connectivity index (χ0) is 17.5. The highest BCUT2D eigenvalue weighted by atomic mass is 79.9. The third kappa shape index (κ3) is 5.24. The van der Waals surface area contributed by atoms with Crippen molar-refractivity contribution < 1.29 is 19.4 Å². The number of carbonyl (C=O) groups excluding carboxylic acids is 1. The highest BCUT2D eigenvalue weighted by molar-refractivity contribution is 9.11. The highest BCUT2D eigenvalue weighted by Gasteiger charge is 2.12. The van der Waals surface area contributed by atoms with Crippen molar-refractivity contribution in [3.05, 3.63) is 50.9 Å². The lowest BCUT2D eigenvalue weighted by Gasteiger charge is -2.12. The molecule has 24 heavy (non-hydrogen) atoms. The molecule has 0 atom stereocenters. The molecule has 6 nitrogen and oxygen atoms in total. The zero-order valence-electron chi connectivity index (χ0n) is 12.6. The molecule has 0 fully saturated rings. The summed E-state index contributed by atoms with van der Waals surface area (Å²) in [6, 6.07) is 9.93. The maximum Gasteiger partial charge on any atom is 0.277 e. The van der Waals surface area contributed by atoms with E-state index in [9.17, 15) is 9.90 Å². The maximum atomic E-state index is 11.8. The molecule has 8 heteroatoms. The van der Waals surface area contributed by atoms with Crippen LogP contribution in [0.15, 0.2) is 50.4 Å². The van der Waals surface area contributed by atoms with Gasteiger partial charge in [-0.05, 0) is 57.9 Å². The van der Waals surface area contributed by atoms with Crippen LogP contribution in [0, 0.1) is 0 Å². The van der Waals surface area contributed by atoms with Gasteiger partial charge in [0, 0.05) is 4.47 Å². The Bertz CT molecular complexity index is 748. The summed E-state index contributed by atoms with van der Waals surface area (Å²) in [5.74, 6) is 0.676. The van der Waals surface area contributed by atoms with E-state index >= 15 is 0 Å². The quantitative estimate of drug-likeness (QED) is 0.514. The fourth-order valence-electron chi connectivity index (χ4n) is 1.74. The lowest BCUT2D eigenvalue weighted by Crippen LogP contribution is -2.24. The number of carbonyl (C=O) groups is 1. The lowest BCUT2D eigenvalue weighted by molar-refractivity contribution is -0.123. The Morgan fingerprint density at radius 1 is 1.29 bits per heavy atom. The average molecular weight is 458 g/mol. The summed E-state index contributed by atoms with van der Waals surface area (Å²) in [5, 5.41) is 13.0. The lowest BCUT2D eigenvalue weighted by atomic mass is 10.2. The van der Waals surface area contributed by atoms with Crippen LogP contribution in [0.4, 0.5) is 0 Å². The SMILES string of the molecule is COc1cc(Br)cc(Br)c1OCC(=O)NN=Cc1ccc(O)cc1. The summed E-state index contributed by atoms with van der Waals surface area (Å²) in [6.07, 6.45) is 1.47. The van der Waals surface area contributed by atoms with Gasteiger partial charge in [0.2, 0.25) is 0 Å². The van der Waals surface area contributed by atoms with E-state index in [-0.39, 0.29) is 12.4 Å². The molecule has 2 aromatic carbocycles. The minimum atomic E-state index is -0.415. The fourth-order valence-corrected chi connectivity index (χ4v) is 3.04. The number of methoxy groups -OCH3 is 1. The minimum absolute atomic E-state index is 0.165. The van der Waals surface area contributed by atoms with Gasteiger partial charge >= 0.3 is 0 Å². The number of ether oxygens (including phenoxy) is 2. The minimum Gasteiger partial charge on any atom is -0.508 e. The number of hydrazone groups is 1. The molecule has 0 aliphatic rings. The van der Waals surface area contributed by atoms with E-state index in [1.165, 1.54) is 25.5 Å². The second-order valence-corrected chi connectivity index (χ2v) is 6.36. The van der Waals surface area contributed by atoms with Crippen molar-refractivity contribution in [2.45, 2.75) is 0 Å². The van der Waals surface area contributed by atoms with Gasteiger partial charge in [-0.1, -0.05) is 15.9 Å². The van der Waals surface area contributed by atoms with Crippen LogP contribution in [-0.4, -0.2) is 30.9 Å². The van der Waals surface area contributed by atoms with Gasteiger partial charge in [0.15, 0.2) is 18.1 Å². The third-order valence-electron chi connectivity index (χ3n) is 2.84. The van der Waals surface area contributed by atoms with Crippen LogP contribution in [0.3, 0.4) is 0 Å². The summed E-state index contributed by atoms with van der Waals surface area (Å²) >= 11 is 6.71. The smallest absolute Gasteiger partial charge is 0.277 e. The van der Waals surface area contributed by atoms with Crippen molar-refractivity contribution in [2.75, 3.05) is 13.7 Å². The van der Waals surface area contributed by atoms with Gasteiger partial charge < -0.3 is 14.6 Å².